The van der Waals surface area contributed by atoms with Crippen molar-refractivity contribution in [3.05, 3.63) is 47.8 Å². The second-order valence-corrected chi connectivity index (χ2v) is 9.60. The first-order valence-corrected chi connectivity index (χ1v) is 10.6. The molecular formula is C24H32N6O2. The molecule has 8 heteroatoms. The summed E-state index contributed by atoms with van der Waals surface area (Å²) in [4.78, 5) is 28.6. The SMILES string of the molecule is CC(C)(C)c1cc(-c2ccc(N)cc2)nn2cc(C=O)nc12.CN1CCNC(=O)C1(C)C. The third-order valence-electron chi connectivity index (χ3n) is 5.82. The Balaban J connectivity index is 0.000000243. The summed E-state index contributed by atoms with van der Waals surface area (Å²) in [5.41, 5.74) is 9.97. The van der Waals surface area contributed by atoms with Crippen LogP contribution in [0.1, 0.15) is 50.7 Å². The Bertz CT molecular complexity index is 1130. The molecule has 1 aliphatic rings. The van der Waals surface area contributed by atoms with Crippen LogP contribution in [0.5, 0.6) is 0 Å². The van der Waals surface area contributed by atoms with Crippen LogP contribution >= 0.6 is 0 Å². The van der Waals surface area contributed by atoms with Gasteiger partial charge in [0.15, 0.2) is 11.9 Å². The van der Waals surface area contributed by atoms with Crippen LogP contribution in [0.2, 0.25) is 0 Å². The van der Waals surface area contributed by atoms with Crippen LogP contribution < -0.4 is 11.1 Å². The largest absolute Gasteiger partial charge is 0.399 e. The number of nitrogens with two attached hydrogens (primary N) is 1. The summed E-state index contributed by atoms with van der Waals surface area (Å²) in [5.74, 6) is 0.126. The average molecular weight is 437 g/mol. The molecule has 170 valence electrons. The number of amides is 1. The number of piperazine rings is 1. The number of nitrogens with zero attached hydrogens (tertiary/aromatic N) is 4. The number of nitrogens with one attached hydrogen (secondary N) is 1. The topological polar surface area (TPSA) is 106 Å². The Hall–Kier alpha value is -3.26. The number of hydrogen-bond donors (Lipinski definition) is 2. The van der Waals surface area contributed by atoms with Gasteiger partial charge in [0.1, 0.15) is 5.69 Å². The number of aromatic nitrogens is 3. The molecule has 1 aromatic carbocycles. The number of fused-ring (bicyclic) bond motifs is 1. The summed E-state index contributed by atoms with van der Waals surface area (Å²) in [6.07, 6.45) is 2.39. The van der Waals surface area contributed by atoms with E-state index >= 15 is 0 Å². The lowest BCUT2D eigenvalue weighted by atomic mass is 9.87. The molecule has 0 aliphatic carbocycles. The van der Waals surface area contributed by atoms with Gasteiger partial charge < -0.3 is 11.1 Å². The number of imidazole rings is 1. The molecule has 0 spiro atoms. The molecule has 3 N–H and O–H groups in total. The van der Waals surface area contributed by atoms with E-state index in [1.165, 1.54) is 0 Å². The molecule has 3 heterocycles. The average Bonchev–Trinajstić information content (AvgIpc) is 3.15. The number of benzene rings is 1. The molecule has 0 atom stereocenters. The van der Waals surface area contributed by atoms with E-state index < -0.39 is 0 Å². The number of rotatable bonds is 2. The number of likely N-dealkylation sites (N-methyl/N-ethyl adjacent to an activating group) is 1. The van der Waals surface area contributed by atoms with Crippen molar-refractivity contribution in [2.24, 2.45) is 0 Å². The monoisotopic (exact) mass is 436 g/mol. The van der Waals surface area contributed by atoms with E-state index in [0.717, 1.165) is 36.2 Å². The number of carbonyl (C=O) groups is 2. The van der Waals surface area contributed by atoms with E-state index in [2.05, 4.69) is 41.1 Å². The zero-order valence-corrected chi connectivity index (χ0v) is 19.6. The third kappa shape index (κ3) is 4.80. The minimum absolute atomic E-state index is 0.113. The highest BCUT2D eigenvalue weighted by atomic mass is 16.2. The van der Waals surface area contributed by atoms with Crippen LogP contribution in [0.15, 0.2) is 36.5 Å². The van der Waals surface area contributed by atoms with Crippen LogP contribution in [0.3, 0.4) is 0 Å². The van der Waals surface area contributed by atoms with Crippen molar-refractivity contribution >= 4 is 23.5 Å². The Morgan fingerprint density at radius 3 is 2.38 bits per heavy atom. The van der Waals surface area contributed by atoms with Gasteiger partial charge in [0.2, 0.25) is 5.91 Å². The fourth-order valence-corrected chi connectivity index (χ4v) is 3.40. The summed E-state index contributed by atoms with van der Waals surface area (Å²) < 4.78 is 1.68. The molecule has 3 aromatic rings. The molecule has 2 aromatic heterocycles. The summed E-state index contributed by atoms with van der Waals surface area (Å²) in [5, 5.41) is 7.39. The van der Waals surface area contributed by atoms with E-state index in [1.807, 2.05) is 51.2 Å². The molecule has 0 saturated carbocycles. The minimum atomic E-state index is -0.321. The Morgan fingerprint density at radius 2 is 1.84 bits per heavy atom. The molecule has 1 fully saturated rings. The van der Waals surface area contributed by atoms with Crippen molar-refractivity contribution in [2.75, 3.05) is 25.9 Å². The maximum absolute atomic E-state index is 11.2. The lowest BCUT2D eigenvalue weighted by Crippen LogP contribution is -2.60. The Labute approximate surface area is 188 Å². The minimum Gasteiger partial charge on any atom is -0.399 e. The summed E-state index contributed by atoms with van der Waals surface area (Å²) >= 11 is 0. The molecule has 0 radical (unpaired) electrons. The molecule has 0 unspecified atom stereocenters. The third-order valence-corrected chi connectivity index (χ3v) is 5.82. The van der Waals surface area contributed by atoms with E-state index in [4.69, 9.17) is 5.73 Å². The standard InChI is InChI=1S/C17H18N4O.C7H14N2O/c1-17(2,3)14-8-15(11-4-6-12(18)7-5-11)20-21-9-13(10-22)19-16(14)21;1-7(2)6(10)8-4-5-9(7)3/h4-10H,18H2,1-3H3;4-5H2,1-3H3,(H,8,10). The normalized spacial score (nSPS) is 16.2. The zero-order chi connectivity index (χ0) is 23.7. The van der Waals surface area contributed by atoms with Gasteiger partial charge in [0.25, 0.3) is 0 Å². The predicted molar refractivity (Wildman–Crippen MR) is 127 cm³/mol. The van der Waals surface area contributed by atoms with Crippen molar-refractivity contribution in [3.8, 4) is 11.3 Å². The highest BCUT2D eigenvalue weighted by molar-refractivity contribution is 5.86. The van der Waals surface area contributed by atoms with Gasteiger partial charge in [-0.05, 0) is 44.5 Å². The highest BCUT2D eigenvalue weighted by Crippen LogP contribution is 2.29. The van der Waals surface area contributed by atoms with Gasteiger partial charge in [0, 0.05) is 29.9 Å². The van der Waals surface area contributed by atoms with Gasteiger partial charge in [-0.15, -0.1) is 0 Å². The van der Waals surface area contributed by atoms with Crippen LogP contribution in [-0.2, 0) is 10.2 Å². The summed E-state index contributed by atoms with van der Waals surface area (Å²) in [6, 6.07) is 9.61. The molecular weight excluding hydrogens is 404 g/mol. The summed E-state index contributed by atoms with van der Waals surface area (Å²) in [6.45, 7) is 11.9. The van der Waals surface area contributed by atoms with Crippen molar-refractivity contribution in [3.63, 3.8) is 0 Å². The summed E-state index contributed by atoms with van der Waals surface area (Å²) in [7, 11) is 1.97. The van der Waals surface area contributed by atoms with Crippen molar-refractivity contribution in [2.45, 2.75) is 45.6 Å². The van der Waals surface area contributed by atoms with Gasteiger partial charge in [-0.1, -0.05) is 32.9 Å². The van der Waals surface area contributed by atoms with Gasteiger partial charge in [0.05, 0.1) is 17.4 Å². The number of carbonyl (C=O) groups excluding carboxylic acids is 2. The van der Waals surface area contributed by atoms with Crippen LogP contribution in [-0.4, -0.2) is 57.4 Å². The van der Waals surface area contributed by atoms with Crippen LogP contribution in [0.4, 0.5) is 5.69 Å². The van der Waals surface area contributed by atoms with Gasteiger partial charge >= 0.3 is 0 Å². The fraction of sp³-hybridized carbons (Fsp3) is 0.417. The lowest BCUT2D eigenvalue weighted by molar-refractivity contribution is -0.133. The maximum atomic E-state index is 11.2. The van der Waals surface area contributed by atoms with Gasteiger partial charge in [-0.3, -0.25) is 14.5 Å². The van der Waals surface area contributed by atoms with Crippen molar-refractivity contribution in [1.82, 2.24) is 24.8 Å². The maximum Gasteiger partial charge on any atom is 0.239 e. The van der Waals surface area contributed by atoms with Crippen LogP contribution in [0, 0.1) is 0 Å². The molecule has 4 rings (SSSR count). The molecule has 1 saturated heterocycles. The van der Waals surface area contributed by atoms with E-state index in [-0.39, 0.29) is 16.9 Å². The number of hydrogen-bond acceptors (Lipinski definition) is 6. The lowest BCUT2D eigenvalue weighted by Gasteiger charge is -2.38. The molecule has 1 amide bonds. The fourth-order valence-electron chi connectivity index (χ4n) is 3.40. The van der Waals surface area contributed by atoms with E-state index in [1.54, 1.807) is 10.7 Å². The first-order chi connectivity index (χ1) is 14.9. The van der Waals surface area contributed by atoms with Crippen molar-refractivity contribution in [1.29, 1.82) is 0 Å². The van der Waals surface area contributed by atoms with Crippen molar-refractivity contribution < 1.29 is 9.59 Å². The van der Waals surface area contributed by atoms with E-state index in [9.17, 15) is 9.59 Å². The van der Waals surface area contributed by atoms with E-state index in [0.29, 0.717) is 17.0 Å². The number of nitrogen functional groups attached to an aromatic ring is 1. The Morgan fingerprint density at radius 1 is 1.19 bits per heavy atom. The second kappa shape index (κ2) is 8.70. The molecule has 8 nitrogen and oxygen atoms in total. The predicted octanol–water partition coefficient (Wildman–Crippen LogP) is 2.92. The Kier molecular flexibility index (Phi) is 6.37. The van der Waals surface area contributed by atoms with Gasteiger partial charge in [-0.2, -0.15) is 5.10 Å². The molecule has 1 aliphatic heterocycles. The first-order valence-electron chi connectivity index (χ1n) is 10.6. The number of aldehydes is 1. The second-order valence-electron chi connectivity index (χ2n) is 9.60. The smallest absolute Gasteiger partial charge is 0.239 e. The molecule has 32 heavy (non-hydrogen) atoms. The zero-order valence-electron chi connectivity index (χ0n) is 19.6. The van der Waals surface area contributed by atoms with Gasteiger partial charge in [-0.25, -0.2) is 9.50 Å². The number of anilines is 1. The quantitative estimate of drug-likeness (QED) is 0.473. The first kappa shape index (κ1) is 23.4. The highest BCUT2D eigenvalue weighted by Gasteiger charge is 2.34. The molecule has 0 bridgehead atoms. The van der Waals surface area contributed by atoms with Crippen LogP contribution in [0.25, 0.3) is 16.9 Å².